The predicted octanol–water partition coefficient (Wildman–Crippen LogP) is 4.17. The molecule has 3 rings (SSSR count). The monoisotopic (exact) mass is 403 g/mol. The number of carbonyl (C=O) groups excluding carboxylic acids is 1. The molecule has 2 aromatic carbocycles. The summed E-state index contributed by atoms with van der Waals surface area (Å²) >= 11 is 5.77. The molecule has 9 nitrogen and oxygen atoms in total. The van der Waals surface area contributed by atoms with Gasteiger partial charge in [-0.25, -0.2) is 0 Å². The van der Waals surface area contributed by atoms with E-state index in [2.05, 4.69) is 10.5 Å². The van der Waals surface area contributed by atoms with Gasteiger partial charge in [-0.15, -0.1) is 0 Å². The summed E-state index contributed by atoms with van der Waals surface area (Å²) in [6.07, 6.45) is 0. The first-order valence-electron chi connectivity index (χ1n) is 7.87. The lowest BCUT2D eigenvalue weighted by atomic mass is 10.1. The summed E-state index contributed by atoms with van der Waals surface area (Å²) in [5.41, 5.74) is 0.232. The van der Waals surface area contributed by atoms with E-state index in [0.29, 0.717) is 22.8 Å². The van der Waals surface area contributed by atoms with Gasteiger partial charge in [-0.3, -0.25) is 14.9 Å². The molecule has 0 aliphatic heterocycles. The van der Waals surface area contributed by atoms with E-state index in [1.807, 2.05) is 0 Å². The third kappa shape index (κ3) is 3.89. The molecule has 144 valence electrons. The van der Waals surface area contributed by atoms with Gasteiger partial charge in [0, 0.05) is 22.7 Å². The van der Waals surface area contributed by atoms with Crippen molar-refractivity contribution in [1.82, 2.24) is 5.16 Å². The number of nitrogens with zero attached hydrogens (tertiary/aromatic N) is 2. The zero-order chi connectivity index (χ0) is 20.3. The zero-order valence-electron chi connectivity index (χ0n) is 14.8. The van der Waals surface area contributed by atoms with Gasteiger partial charge in [-0.1, -0.05) is 16.8 Å². The van der Waals surface area contributed by atoms with Crippen LogP contribution in [0.3, 0.4) is 0 Å². The molecule has 1 N–H and O–H groups in total. The van der Waals surface area contributed by atoms with Crippen molar-refractivity contribution in [3.05, 3.63) is 63.3 Å². The maximum absolute atomic E-state index is 12.4. The lowest BCUT2D eigenvalue weighted by Crippen LogP contribution is -2.13. The first-order valence-corrected chi connectivity index (χ1v) is 8.25. The minimum Gasteiger partial charge on any atom is -0.493 e. The van der Waals surface area contributed by atoms with Crippen LogP contribution in [-0.2, 0) is 0 Å². The number of hydrogen-bond donors (Lipinski definition) is 1. The van der Waals surface area contributed by atoms with Gasteiger partial charge < -0.3 is 19.3 Å². The summed E-state index contributed by atoms with van der Waals surface area (Å²) < 4.78 is 15.6. The molecular formula is C18H14ClN3O6. The van der Waals surface area contributed by atoms with Gasteiger partial charge >= 0.3 is 0 Å². The Bertz CT molecular complexity index is 1050. The highest BCUT2D eigenvalue weighted by Crippen LogP contribution is 2.33. The number of methoxy groups -OCH3 is 2. The number of carbonyl (C=O) groups is 1. The topological polar surface area (TPSA) is 117 Å². The molecule has 0 saturated carbocycles. The molecule has 0 radical (unpaired) electrons. The van der Waals surface area contributed by atoms with Crippen LogP contribution in [0, 0.1) is 10.1 Å². The third-order valence-corrected chi connectivity index (χ3v) is 4.05. The zero-order valence-corrected chi connectivity index (χ0v) is 15.5. The number of benzene rings is 2. The van der Waals surface area contributed by atoms with Crippen molar-refractivity contribution in [3.8, 4) is 22.8 Å². The molecule has 1 aromatic heterocycles. The van der Waals surface area contributed by atoms with Crippen LogP contribution in [0.5, 0.6) is 11.5 Å². The second-order valence-corrected chi connectivity index (χ2v) is 5.96. The number of amides is 1. The van der Waals surface area contributed by atoms with Crippen molar-refractivity contribution in [3.63, 3.8) is 0 Å². The molecule has 0 bridgehead atoms. The number of nitrogens with one attached hydrogen (secondary N) is 1. The average Bonchev–Trinajstić information content (AvgIpc) is 3.19. The van der Waals surface area contributed by atoms with Crippen molar-refractivity contribution in [2.24, 2.45) is 0 Å². The van der Waals surface area contributed by atoms with E-state index in [1.165, 1.54) is 32.4 Å². The summed E-state index contributed by atoms with van der Waals surface area (Å²) in [5, 5.41) is 17.5. The van der Waals surface area contributed by atoms with Crippen LogP contribution in [0.2, 0.25) is 5.02 Å². The van der Waals surface area contributed by atoms with Crippen molar-refractivity contribution in [2.75, 3.05) is 19.5 Å². The van der Waals surface area contributed by atoms with Gasteiger partial charge in [0.05, 0.1) is 19.1 Å². The quantitative estimate of drug-likeness (QED) is 0.484. The normalized spacial score (nSPS) is 10.4. The number of ether oxygens (including phenoxy) is 2. The van der Waals surface area contributed by atoms with Crippen molar-refractivity contribution in [1.29, 1.82) is 0 Å². The largest absolute Gasteiger partial charge is 0.493 e. The molecule has 0 fully saturated rings. The number of nitro benzene ring substituents is 1. The van der Waals surface area contributed by atoms with Crippen LogP contribution in [0.15, 0.2) is 47.0 Å². The number of nitro groups is 1. The minimum absolute atomic E-state index is 0.00457. The highest BCUT2D eigenvalue weighted by atomic mass is 35.5. The second-order valence-electron chi connectivity index (χ2n) is 5.52. The minimum atomic E-state index is -0.666. The average molecular weight is 404 g/mol. The van der Waals surface area contributed by atoms with Crippen LogP contribution >= 0.6 is 11.6 Å². The molecule has 0 spiro atoms. The van der Waals surface area contributed by atoms with Crippen LogP contribution in [0.25, 0.3) is 11.3 Å². The maximum atomic E-state index is 12.4. The SMILES string of the molecule is COc1ccc(-c2cc(C(=O)Nc3ccc(Cl)cc3[N+](=O)[O-])no2)cc1OC. The Balaban J connectivity index is 1.85. The van der Waals surface area contributed by atoms with Gasteiger partial charge in [0.2, 0.25) is 0 Å². The van der Waals surface area contributed by atoms with E-state index < -0.39 is 10.8 Å². The second kappa shape index (κ2) is 7.97. The Hall–Kier alpha value is -3.59. The van der Waals surface area contributed by atoms with Gasteiger partial charge in [0.15, 0.2) is 23.0 Å². The fraction of sp³-hybridized carbons (Fsp3) is 0.111. The molecule has 10 heteroatoms. The molecule has 3 aromatic rings. The first kappa shape index (κ1) is 19.2. The van der Waals surface area contributed by atoms with E-state index in [-0.39, 0.29) is 22.1 Å². The molecule has 0 unspecified atom stereocenters. The van der Waals surface area contributed by atoms with Crippen LogP contribution in [0.1, 0.15) is 10.5 Å². The lowest BCUT2D eigenvalue weighted by molar-refractivity contribution is -0.383. The lowest BCUT2D eigenvalue weighted by Gasteiger charge is -2.07. The Morgan fingerprint density at radius 3 is 2.57 bits per heavy atom. The molecule has 1 amide bonds. The van der Waals surface area contributed by atoms with E-state index in [1.54, 1.807) is 18.2 Å². The molecular weight excluding hydrogens is 390 g/mol. The fourth-order valence-electron chi connectivity index (χ4n) is 2.46. The Morgan fingerprint density at radius 1 is 1.14 bits per heavy atom. The standard InChI is InChI=1S/C18H14ClN3O6/c1-26-15-6-3-10(7-17(15)27-2)16-9-13(21-28-16)18(23)20-12-5-4-11(19)8-14(12)22(24)25/h3-9H,1-2H3,(H,20,23). The first-order chi connectivity index (χ1) is 13.4. The molecule has 0 aliphatic carbocycles. The summed E-state index contributed by atoms with van der Waals surface area (Å²) in [6.45, 7) is 0. The number of aromatic nitrogens is 1. The van der Waals surface area contributed by atoms with Crippen LogP contribution < -0.4 is 14.8 Å². The number of anilines is 1. The van der Waals surface area contributed by atoms with Crippen molar-refractivity contribution < 1.29 is 23.7 Å². The maximum Gasteiger partial charge on any atom is 0.294 e. The molecule has 28 heavy (non-hydrogen) atoms. The summed E-state index contributed by atoms with van der Waals surface area (Å²) in [4.78, 5) is 22.9. The van der Waals surface area contributed by atoms with E-state index in [0.717, 1.165) is 6.07 Å². The highest BCUT2D eigenvalue weighted by Gasteiger charge is 2.20. The van der Waals surface area contributed by atoms with Gasteiger partial charge in [-0.2, -0.15) is 0 Å². The fourth-order valence-corrected chi connectivity index (χ4v) is 2.62. The number of halogens is 1. The Kier molecular flexibility index (Phi) is 5.46. The number of rotatable bonds is 6. The van der Waals surface area contributed by atoms with Crippen molar-refractivity contribution in [2.45, 2.75) is 0 Å². The summed E-state index contributed by atoms with van der Waals surface area (Å²) in [5.74, 6) is 0.676. The Labute approximate surface area is 164 Å². The number of hydrogen-bond acceptors (Lipinski definition) is 7. The molecule has 0 atom stereocenters. The molecule has 0 saturated heterocycles. The molecule has 1 heterocycles. The third-order valence-electron chi connectivity index (χ3n) is 3.82. The predicted molar refractivity (Wildman–Crippen MR) is 101 cm³/mol. The molecule has 0 aliphatic rings. The van der Waals surface area contributed by atoms with E-state index >= 15 is 0 Å². The van der Waals surface area contributed by atoms with Crippen LogP contribution in [0.4, 0.5) is 11.4 Å². The highest BCUT2D eigenvalue weighted by molar-refractivity contribution is 6.31. The van der Waals surface area contributed by atoms with Crippen molar-refractivity contribution >= 4 is 28.9 Å². The summed E-state index contributed by atoms with van der Waals surface area (Å²) in [7, 11) is 3.02. The smallest absolute Gasteiger partial charge is 0.294 e. The van der Waals surface area contributed by atoms with Gasteiger partial charge in [-0.05, 0) is 30.3 Å². The van der Waals surface area contributed by atoms with E-state index in [4.69, 9.17) is 25.6 Å². The van der Waals surface area contributed by atoms with E-state index in [9.17, 15) is 14.9 Å². The van der Waals surface area contributed by atoms with Gasteiger partial charge in [0.1, 0.15) is 5.69 Å². The van der Waals surface area contributed by atoms with Gasteiger partial charge in [0.25, 0.3) is 11.6 Å². The Morgan fingerprint density at radius 2 is 1.89 bits per heavy atom. The van der Waals surface area contributed by atoms with Crippen LogP contribution in [-0.4, -0.2) is 30.2 Å². The summed E-state index contributed by atoms with van der Waals surface area (Å²) in [6, 6.07) is 10.4.